The first-order valence-corrected chi connectivity index (χ1v) is 5.81. The first-order valence-electron chi connectivity index (χ1n) is 4.16. The summed E-state index contributed by atoms with van der Waals surface area (Å²) in [6, 6.07) is -0.322. The van der Waals surface area contributed by atoms with Crippen LogP contribution in [0.1, 0.15) is 26.7 Å². The highest BCUT2D eigenvalue weighted by molar-refractivity contribution is 7.90. The summed E-state index contributed by atoms with van der Waals surface area (Å²) in [5, 5.41) is 0. The van der Waals surface area contributed by atoms with E-state index in [1.54, 1.807) is 13.8 Å². The molecule has 0 heterocycles. The fraction of sp³-hybridized carbons (Fsp3) is 0.857. The number of hydrogen-bond acceptors (Lipinski definition) is 4. The number of carbonyl (C=O) groups is 1. The second-order valence-corrected chi connectivity index (χ2v) is 4.87. The van der Waals surface area contributed by atoms with Crippen LogP contribution < -0.4 is 10.5 Å². The minimum Gasteiger partial charge on any atom is -0.327 e. The third-order valence-electron chi connectivity index (χ3n) is 1.25. The first-order chi connectivity index (χ1) is 5.87. The molecule has 0 radical (unpaired) electrons. The number of sulfonamides is 1. The monoisotopic (exact) mass is 208 g/mol. The van der Waals surface area contributed by atoms with E-state index >= 15 is 0 Å². The molecule has 0 saturated heterocycles. The van der Waals surface area contributed by atoms with Gasteiger partial charge in [0.05, 0.1) is 5.75 Å². The van der Waals surface area contributed by atoms with Gasteiger partial charge in [0.2, 0.25) is 15.9 Å². The van der Waals surface area contributed by atoms with Gasteiger partial charge >= 0.3 is 0 Å². The van der Waals surface area contributed by atoms with E-state index in [0.29, 0.717) is 6.42 Å². The zero-order valence-electron chi connectivity index (χ0n) is 7.91. The Morgan fingerprint density at radius 3 is 2.46 bits per heavy atom. The standard InChI is InChI=1S/C7H16N2O3S/c1-3-4-13(11,12)9-7(10)5-6(2)8/h6H,3-5,8H2,1-2H3,(H,9,10). The SMILES string of the molecule is CCCS(=O)(=O)NC(=O)CC(C)N. The lowest BCUT2D eigenvalue weighted by Crippen LogP contribution is -2.35. The Morgan fingerprint density at radius 1 is 1.54 bits per heavy atom. The number of nitrogens with two attached hydrogens (primary N) is 1. The van der Waals surface area contributed by atoms with E-state index in [1.165, 1.54) is 0 Å². The molecule has 13 heavy (non-hydrogen) atoms. The smallest absolute Gasteiger partial charge is 0.234 e. The molecule has 0 rings (SSSR count). The van der Waals surface area contributed by atoms with Crippen LogP contribution in [-0.4, -0.2) is 26.1 Å². The summed E-state index contributed by atoms with van der Waals surface area (Å²) in [6.45, 7) is 3.38. The van der Waals surface area contributed by atoms with Gasteiger partial charge < -0.3 is 5.73 Å². The highest BCUT2D eigenvalue weighted by Crippen LogP contribution is 1.92. The van der Waals surface area contributed by atoms with Crippen molar-refractivity contribution in [3.05, 3.63) is 0 Å². The van der Waals surface area contributed by atoms with Crippen molar-refractivity contribution >= 4 is 15.9 Å². The topological polar surface area (TPSA) is 89.3 Å². The van der Waals surface area contributed by atoms with Crippen LogP contribution in [0.5, 0.6) is 0 Å². The summed E-state index contributed by atoms with van der Waals surface area (Å²) in [6.07, 6.45) is 0.518. The van der Waals surface area contributed by atoms with Gasteiger partial charge in [-0.05, 0) is 13.3 Å². The van der Waals surface area contributed by atoms with Crippen molar-refractivity contribution in [1.29, 1.82) is 0 Å². The van der Waals surface area contributed by atoms with E-state index < -0.39 is 15.9 Å². The predicted octanol–water partition coefficient (Wildman–Crippen LogP) is -0.420. The van der Waals surface area contributed by atoms with Gasteiger partial charge in [-0.3, -0.25) is 9.52 Å². The highest BCUT2D eigenvalue weighted by atomic mass is 32.2. The predicted molar refractivity (Wildman–Crippen MR) is 50.5 cm³/mol. The Bertz CT molecular complexity index is 259. The fourth-order valence-corrected chi connectivity index (χ4v) is 1.90. The van der Waals surface area contributed by atoms with Gasteiger partial charge in [-0.1, -0.05) is 6.92 Å². The van der Waals surface area contributed by atoms with Crippen LogP contribution in [0.2, 0.25) is 0 Å². The van der Waals surface area contributed by atoms with E-state index in [1.807, 2.05) is 4.72 Å². The van der Waals surface area contributed by atoms with Crippen molar-refractivity contribution in [1.82, 2.24) is 4.72 Å². The van der Waals surface area contributed by atoms with Crippen molar-refractivity contribution in [2.24, 2.45) is 5.73 Å². The third kappa shape index (κ3) is 6.53. The number of amides is 1. The molecule has 0 aliphatic heterocycles. The van der Waals surface area contributed by atoms with Crippen molar-refractivity contribution in [2.75, 3.05) is 5.75 Å². The van der Waals surface area contributed by atoms with Gasteiger partial charge in [0.1, 0.15) is 0 Å². The Hall–Kier alpha value is -0.620. The van der Waals surface area contributed by atoms with E-state index in [-0.39, 0.29) is 18.2 Å². The van der Waals surface area contributed by atoms with Crippen molar-refractivity contribution in [3.63, 3.8) is 0 Å². The van der Waals surface area contributed by atoms with Crippen molar-refractivity contribution in [3.8, 4) is 0 Å². The molecule has 5 nitrogen and oxygen atoms in total. The molecule has 0 saturated carbocycles. The van der Waals surface area contributed by atoms with Gasteiger partial charge in [-0.15, -0.1) is 0 Å². The lowest BCUT2D eigenvalue weighted by Gasteiger charge is -2.06. The van der Waals surface area contributed by atoms with Crippen LogP contribution in [0.25, 0.3) is 0 Å². The largest absolute Gasteiger partial charge is 0.327 e. The molecular weight excluding hydrogens is 192 g/mol. The first kappa shape index (κ1) is 12.4. The highest BCUT2D eigenvalue weighted by Gasteiger charge is 2.13. The molecule has 1 atom stereocenters. The number of carbonyl (C=O) groups excluding carboxylic acids is 1. The normalized spacial score (nSPS) is 13.8. The summed E-state index contributed by atoms with van der Waals surface area (Å²) < 4.78 is 24.0. The number of hydrogen-bond donors (Lipinski definition) is 2. The van der Waals surface area contributed by atoms with Gasteiger partial charge in [-0.25, -0.2) is 8.42 Å². The van der Waals surface area contributed by atoms with Crippen LogP contribution in [-0.2, 0) is 14.8 Å². The summed E-state index contributed by atoms with van der Waals surface area (Å²) in [5.74, 6) is -0.569. The molecule has 78 valence electrons. The Morgan fingerprint density at radius 2 is 2.08 bits per heavy atom. The molecule has 0 aromatic heterocycles. The van der Waals surface area contributed by atoms with E-state index in [2.05, 4.69) is 0 Å². The second kappa shape index (κ2) is 5.18. The number of rotatable bonds is 5. The molecule has 0 aliphatic rings. The van der Waals surface area contributed by atoms with Gasteiger partial charge in [0.25, 0.3) is 0 Å². The zero-order chi connectivity index (χ0) is 10.5. The van der Waals surface area contributed by atoms with Gasteiger partial charge in [0.15, 0.2) is 0 Å². The quantitative estimate of drug-likeness (QED) is 0.642. The molecule has 0 bridgehead atoms. The minimum absolute atomic E-state index is 0.0301. The van der Waals surface area contributed by atoms with E-state index in [0.717, 1.165) is 0 Å². The lowest BCUT2D eigenvalue weighted by molar-refractivity contribution is -0.119. The van der Waals surface area contributed by atoms with Crippen LogP contribution in [0.15, 0.2) is 0 Å². The molecule has 0 fully saturated rings. The molecule has 0 aromatic rings. The Balaban J connectivity index is 4.05. The average Bonchev–Trinajstić information content (AvgIpc) is 1.81. The van der Waals surface area contributed by atoms with Gasteiger partial charge in [-0.2, -0.15) is 0 Å². The molecule has 0 spiro atoms. The lowest BCUT2D eigenvalue weighted by atomic mass is 10.2. The second-order valence-electron chi connectivity index (χ2n) is 3.03. The van der Waals surface area contributed by atoms with E-state index in [9.17, 15) is 13.2 Å². The molecule has 3 N–H and O–H groups in total. The van der Waals surface area contributed by atoms with E-state index in [4.69, 9.17) is 5.73 Å². The average molecular weight is 208 g/mol. The minimum atomic E-state index is -3.43. The molecule has 0 aliphatic carbocycles. The van der Waals surface area contributed by atoms with Crippen LogP contribution in [0.4, 0.5) is 0 Å². The number of nitrogens with one attached hydrogen (secondary N) is 1. The van der Waals surface area contributed by atoms with Crippen LogP contribution >= 0.6 is 0 Å². The summed E-state index contributed by atoms with van der Waals surface area (Å²) >= 11 is 0. The van der Waals surface area contributed by atoms with Crippen molar-refractivity contribution in [2.45, 2.75) is 32.7 Å². The van der Waals surface area contributed by atoms with Crippen LogP contribution in [0.3, 0.4) is 0 Å². The summed E-state index contributed by atoms with van der Waals surface area (Å²) in [7, 11) is -3.43. The summed E-state index contributed by atoms with van der Waals surface area (Å²) in [4.78, 5) is 11.0. The Labute approximate surface area is 78.7 Å². The van der Waals surface area contributed by atoms with Gasteiger partial charge in [0, 0.05) is 12.5 Å². The maximum Gasteiger partial charge on any atom is 0.234 e. The Kier molecular flexibility index (Phi) is 4.94. The molecular formula is C7H16N2O3S. The molecule has 0 aromatic carbocycles. The van der Waals surface area contributed by atoms with Crippen molar-refractivity contribution < 1.29 is 13.2 Å². The molecule has 6 heteroatoms. The fourth-order valence-electron chi connectivity index (χ4n) is 0.827. The molecule has 1 unspecified atom stereocenters. The molecule has 1 amide bonds. The summed E-state index contributed by atoms with van der Waals surface area (Å²) in [5.41, 5.74) is 5.33. The zero-order valence-corrected chi connectivity index (χ0v) is 8.73. The van der Waals surface area contributed by atoms with Crippen LogP contribution in [0, 0.1) is 0 Å². The third-order valence-corrected chi connectivity index (χ3v) is 2.73. The maximum absolute atomic E-state index is 11.0. The maximum atomic E-state index is 11.0.